The Morgan fingerprint density at radius 1 is 1.05 bits per heavy atom. The van der Waals surface area contributed by atoms with Crippen LogP contribution in [-0.4, -0.2) is 13.6 Å². The molecule has 0 aliphatic rings. The van der Waals surface area contributed by atoms with Gasteiger partial charge in [-0.25, -0.2) is 0 Å². The first-order valence-corrected chi connectivity index (χ1v) is 6.64. The quantitative estimate of drug-likeness (QED) is 0.880. The molecule has 19 heavy (non-hydrogen) atoms. The highest BCUT2D eigenvalue weighted by molar-refractivity contribution is 5.36. The largest absolute Gasteiger partial charge is 0.484 e. The van der Waals surface area contributed by atoms with Gasteiger partial charge in [-0.05, 0) is 43.7 Å². The van der Waals surface area contributed by atoms with Crippen molar-refractivity contribution in [2.75, 3.05) is 13.6 Å². The van der Waals surface area contributed by atoms with Crippen molar-refractivity contribution in [3.63, 3.8) is 0 Å². The lowest BCUT2D eigenvalue weighted by Crippen LogP contribution is -2.22. The summed E-state index contributed by atoms with van der Waals surface area (Å²) >= 11 is 0. The summed E-state index contributed by atoms with van der Waals surface area (Å²) in [5, 5.41) is 3.20. The first kappa shape index (κ1) is 13.6. The van der Waals surface area contributed by atoms with Crippen LogP contribution in [0.2, 0.25) is 0 Å². The molecule has 0 amide bonds. The van der Waals surface area contributed by atoms with Crippen LogP contribution in [0.5, 0.6) is 5.75 Å². The summed E-state index contributed by atoms with van der Waals surface area (Å²) in [7, 11) is 1.95. The molecule has 1 unspecified atom stereocenters. The third-order valence-corrected chi connectivity index (χ3v) is 3.17. The SMILES string of the molecule is CNCC(Oc1cc(C)ccc1C)c1ccccc1. The van der Waals surface area contributed by atoms with Crippen molar-refractivity contribution in [3.05, 3.63) is 65.2 Å². The molecule has 0 saturated carbocycles. The molecule has 0 bridgehead atoms. The van der Waals surface area contributed by atoms with Gasteiger partial charge in [0, 0.05) is 6.54 Å². The Labute approximate surface area is 115 Å². The molecule has 2 heteroatoms. The van der Waals surface area contributed by atoms with E-state index in [4.69, 9.17) is 4.74 Å². The fraction of sp³-hybridized carbons (Fsp3) is 0.294. The van der Waals surface area contributed by atoms with Crippen molar-refractivity contribution in [2.24, 2.45) is 0 Å². The summed E-state index contributed by atoms with van der Waals surface area (Å²) < 4.78 is 6.19. The highest BCUT2D eigenvalue weighted by atomic mass is 16.5. The Kier molecular flexibility index (Phi) is 4.58. The maximum absolute atomic E-state index is 6.19. The molecule has 2 nitrogen and oxygen atoms in total. The normalized spacial score (nSPS) is 12.2. The number of likely N-dealkylation sites (N-methyl/N-ethyl adjacent to an activating group) is 1. The van der Waals surface area contributed by atoms with E-state index >= 15 is 0 Å². The van der Waals surface area contributed by atoms with Gasteiger partial charge in [-0.2, -0.15) is 0 Å². The van der Waals surface area contributed by atoms with Crippen molar-refractivity contribution in [3.8, 4) is 5.75 Å². The van der Waals surface area contributed by atoms with Crippen LogP contribution < -0.4 is 10.1 Å². The number of aryl methyl sites for hydroxylation is 2. The summed E-state index contributed by atoms with van der Waals surface area (Å²) in [5.74, 6) is 0.962. The van der Waals surface area contributed by atoms with E-state index in [1.165, 1.54) is 16.7 Å². The minimum atomic E-state index is 0.0340. The van der Waals surface area contributed by atoms with Crippen molar-refractivity contribution in [1.29, 1.82) is 0 Å². The monoisotopic (exact) mass is 255 g/mol. The molecule has 0 aliphatic heterocycles. The molecule has 2 rings (SSSR count). The van der Waals surface area contributed by atoms with Crippen LogP contribution in [-0.2, 0) is 0 Å². The second-order valence-corrected chi connectivity index (χ2v) is 4.84. The zero-order valence-electron chi connectivity index (χ0n) is 11.8. The maximum Gasteiger partial charge on any atom is 0.136 e. The lowest BCUT2D eigenvalue weighted by atomic mass is 10.1. The molecule has 0 spiro atoms. The fourth-order valence-electron chi connectivity index (χ4n) is 2.07. The van der Waals surface area contributed by atoms with E-state index in [0.29, 0.717) is 0 Å². The first-order valence-electron chi connectivity index (χ1n) is 6.64. The minimum Gasteiger partial charge on any atom is -0.484 e. The Bertz CT molecular complexity index is 522. The standard InChI is InChI=1S/C17H21NO/c1-13-9-10-14(2)16(11-13)19-17(12-18-3)15-7-5-4-6-8-15/h4-11,17-18H,12H2,1-3H3. The summed E-state index contributed by atoms with van der Waals surface area (Å²) in [6.07, 6.45) is 0.0340. The fourth-order valence-corrected chi connectivity index (χ4v) is 2.07. The number of ether oxygens (including phenoxy) is 1. The summed E-state index contributed by atoms with van der Waals surface area (Å²) in [6, 6.07) is 16.6. The molecule has 0 fully saturated rings. The van der Waals surface area contributed by atoms with Gasteiger partial charge in [-0.1, -0.05) is 42.5 Å². The van der Waals surface area contributed by atoms with Gasteiger partial charge in [0.25, 0.3) is 0 Å². The van der Waals surface area contributed by atoms with Gasteiger partial charge in [0.15, 0.2) is 0 Å². The highest BCUT2D eigenvalue weighted by Gasteiger charge is 2.13. The third-order valence-electron chi connectivity index (χ3n) is 3.17. The average molecular weight is 255 g/mol. The molecule has 0 saturated heterocycles. The van der Waals surface area contributed by atoms with Crippen LogP contribution in [0, 0.1) is 13.8 Å². The van der Waals surface area contributed by atoms with Crippen molar-refractivity contribution >= 4 is 0 Å². The number of nitrogens with one attached hydrogen (secondary N) is 1. The molecule has 0 heterocycles. The van der Waals surface area contributed by atoms with Crippen LogP contribution in [0.1, 0.15) is 22.8 Å². The van der Waals surface area contributed by atoms with E-state index in [1.807, 2.05) is 25.2 Å². The summed E-state index contributed by atoms with van der Waals surface area (Å²) in [5.41, 5.74) is 3.58. The Morgan fingerprint density at radius 3 is 2.47 bits per heavy atom. The number of hydrogen-bond donors (Lipinski definition) is 1. The highest BCUT2D eigenvalue weighted by Crippen LogP contribution is 2.25. The van der Waals surface area contributed by atoms with E-state index in [-0.39, 0.29) is 6.10 Å². The zero-order chi connectivity index (χ0) is 13.7. The van der Waals surface area contributed by atoms with Gasteiger partial charge in [-0.15, -0.1) is 0 Å². The zero-order valence-corrected chi connectivity index (χ0v) is 11.8. The second kappa shape index (κ2) is 6.39. The second-order valence-electron chi connectivity index (χ2n) is 4.84. The Morgan fingerprint density at radius 2 is 1.79 bits per heavy atom. The smallest absolute Gasteiger partial charge is 0.136 e. The van der Waals surface area contributed by atoms with E-state index in [2.05, 4.69) is 49.5 Å². The number of hydrogen-bond acceptors (Lipinski definition) is 2. The molecule has 100 valence electrons. The molecular weight excluding hydrogens is 234 g/mol. The number of benzene rings is 2. The Hall–Kier alpha value is -1.80. The molecule has 1 atom stereocenters. The average Bonchev–Trinajstić information content (AvgIpc) is 2.43. The van der Waals surface area contributed by atoms with Crippen molar-refractivity contribution in [2.45, 2.75) is 20.0 Å². The van der Waals surface area contributed by atoms with Gasteiger partial charge in [0.2, 0.25) is 0 Å². The van der Waals surface area contributed by atoms with Crippen molar-refractivity contribution in [1.82, 2.24) is 5.32 Å². The van der Waals surface area contributed by atoms with Crippen LogP contribution in [0.25, 0.3) is 0 Å². The third kappa shape index (κ3) is 3.58. The van der Waals surface area contributed by atoms with Crippen LogP contribution >= 0.6 is 0 Å². The molecule has 2 aromatic rings. The van der Waals surface area contributed by atoms with Gasteiger partial charge in [-0.3, -0.25) is 0 Å². The topological polar surface area (TPSA) is 21.3 Å². The predicted molar refractivity (Wildman–Crippen MR) is 79.7 cm³/mol. The lowest BCUT2D eigenvalue weighted by Gasteiger charge is -2.21. The van der Waals surface area contributed by atoms with Crippen molar-refractivity contribution < 1.29 is 4.74 Å². The molecular formula is C17H21NO. The Balaban J connectivity index is 2.24. The number of rotatable bonds is 5. The lowest BCUT2D eigenvalue weighted by molar-refractivity contribution is 0.203. The van der Waals surface area contributed by atoms with Crippen LogP contribution in [0.15, 0.2) is 48.5 Å². The van der Waals surface area contributed by atoms with E-state index < -0.39 is 0 Å². The molecule has 1 N–H and O–H groups in total. The molecule has 0 aliphatic carbocycles. The predicted octanol–water partition coefficient (Wildman–Crippen LogP) is 3.64. The van der Waals surface area contributed by atoms with Gasteiger partial charge < -0.3 is 10.1 Å². The van der Waals surface area contributed by atoms with Gasteiger partial charge >= 0.3 is 0 Å². The summed E-state index contributed by atoms with van der Waals surface area (Å²) in [4.78, 5) is 0. The summed E-state index contributed by atoms with van der Waals surface area (Å²) in [6.45, 7) is 4.95. The van der Waals surface area contributed by atoms with E-state index in [0.717, 1.165) is 12.3 Å². The van der Waals surface area contributed by atoms with Crippen LogP contribution in [0.4, 0.5) is 0 Å². The minimum absolute atomic E-state index is 0.0340. The van der Waals surface area contributed by atoms with E-state index in [9.17, 15) is 0 Å². The first-order chi connectivity index (χ1) is 9.20. The molecule has 0 aromatic heterocycles. The van der Waals surface area contributed by atoms with Gasteiger partial charge in [0.05, 0.1) is 0 Å². The van der Waals surface area contributed by atoms with E-state index in [1.54, 1.807) is 0 Å². The van der Waals surface area contributed by atoms with Gasteiger partial charge in [0.1, 0.15) is 11.9 Å². The molecule has 2 aromatic carbocycles. The maximum atomic E-state index is 6.19. The van der Waals surface area contributed by atoms with Crippen LogP contribution in [0.3, 0.4) is 0 Å². The molecule has 0 radical (unpaired) electrons.